The molecule has 14 heteroatoms. The van der Waals surface area contributed by atoms with Crippen molar-refractivity contribution in [1.29, 1.82) is 0 Å². The first-order chi connectivity index (χ1) is 23.3. The second-order valence-corrected chi connectivity index (χ2v) is 13.8. The van der Waals surface area contributed by atoms with Crippen LogP contribution in [0.25, 0.3) is 6.08 Å². The lowest BCUT2D eigenvalue weighted by Gasteiger charge is -2.49. The zero-order valence-electron chi connectivity index (χ0n) is 25.8. The number of phenolic OH excluding ortho intramolecular Hbond substituents is 1. The topological polar surface area (TPSA) is 145 Å². The number of aromatic hydroxyl groups is 1. The smallest absolute Gasteiger partial charge is 0.488 e. The van der Waals surface area contributed by atoms with Gasteiger partial charge in [-0.1, -0.05) is 42.0 Å². The van der Waals surface area contributed by atoms with E-state index in [0.717, 1.165) is 21.9 Å². The highest BCUT2D eigenvalue weighted by Gasteiger charge is 2.76. The Morgan fingerprint density at radius 3 is 2.35 bits per heavy atom. The molecule has 0 radical (unpaired) electrons. The maximum absolute atomic E-state index is 14.4. The molecule has 2 saturated heterocycles. The Kier molecular flexibility index (Phi) is 7.98. The van der Waals surface area contributed by atoms with Crippen LogP contribution in [0.5, 0.6) is 11.5 Å². The highest BCUT2D eigenvalue weighted by atomic mass is 35.5. The van der Waals surface area contributed by atoms with Crippen LogP contribution in [0.3, 0.4) is 0 Å². The molecule has 2 heterocycles. The van der Waals surface area contributed by atoms with E-state index >= 15 is 0 Å². The lowest BCUT2D eigenvalue weighted by atomic mass is 9.57. The largest absolute Gasteiger partial charge is 0.504 e. The number of alkyl halides is 2. The van der Waals surface area contributed by atoms with E-state index in [0.29, 0.717) is 11.1 Å². The van der Waals surface area contributed by atoms with Crippen LogP contribution in [0.2, 0.25) is 0 Å². The van der Waals surface area contributed by atoms with Crippen molar-refractivity contribution < 1.29 is 43.5 Å². The van der Waals surface area contributed by atoms with Gasteiger partial charge in [0.25, 0.3) is 11.8 Å². The Morgan fingerprint density at radius 1 is 0.918 bits per heavy atom. The Balaban J connectivity index is 1.35. The van der Waals surface area contributed by atoms with E-state index in [1.807, 2.05) is 0 Å². The number of hydrogen-bond acceptors (Lipinski definition) is 8. The summed E-state index contributed by atoms with van der Waals surface area (Å²) in [6.45, 7) is 0. The second kappa shape index (κ2) is 11.8. The predicted molar refractivity (Wildman–Crippen MR) is 180 cm³/mol. The van der Waals surface area contributed by atoms with Gasteiger partial charge in [-0.25, -0.2) is 9.29 Å². The second-order valence-electron chi connectivity index (χ2n) is 12.6. The summed E-state index contributed by atoms with van der Waals surface area (Å²) in [6.07, 6.45) is 4.91. The van der Waals surface area contributed by atoms with E-state index in [1.54, 1.807) is 30.4 Å². The first-order valence-corrected chi connectivity index (χ1v) is 16.2. The van der Waals surface area contributed by atoms with E-state index in [4.69, 9.17) is 27.9 Å². The third kappa shape index (κ3) is 4.84. The molecule has 4 amide bonds. The Labute approximate surface area is 290 Å². The SMILES string of the molecule is COc1cc(C=CC2C3=CCC4C(=O)N(c5cccc(B(O)O)c5)C(=O)C4C3CC3(Cl)C(=O)N(c4ccc(F)cc4)C(=O)C23Cl)ccc1O. The highest BCUT2D eigenvalue weighted by molar-refractivity contribution is 6.59. The summed E-state index contributed by atoms with van der Waals surface area (Å²) in [5.74, 6) is -6.85. The number of hydrogen-bond donors (Lipinski definition) is 3. The molecule has 2 aliphatic carbocycles. The summed E-state index contributed by atoms with van der Waals surface area (Å²) in [5.41, 5.74) is 1.42. The van der Waals surface area contributed by atoms with Gasteiger partial charge in [-0.3, -0.25) is 24.1 Å². The molecule has 3 fully saturated rings. The minimum Gasteiger partial charge on any atom is -0.504 e. The number of carbonyl (C=O) groups is 4. The molecule has 6 atom stereocenters. The average Bonchev–Trinajstić information content (AvgIpc) is 3.43. The molecule has 3 aromatic carbocycles. The van der Waals surface area contributed by atoms with Gasteiger partial charge in [0.2, 0.25) is 11.8 Å². The zero-order valence-corrected chi connectivity index (χ0v) is 27.3. The maximum Gasteiger partial charge on any atom is 0.488 e. The Morgan fingerprint density at radius 2 is 1.65 bits per heavy atom. The Bertz CT molecular complexity index is 1990. The van der Waals surface area contributed by atoms with Gasteiger partial charge >= 0.3 is 7.12 Å². The number of nitrogens with zero attached hydrogens (tertiary/aromatic N) is 2. The van der Waals surface area contributed by atoms with E-state index in [9.17, 15) is 38.7 Å². The number of allylic oxidation sites excluding steroid dienone is 3. The van der Waals surface area contributed by atoms with Crippen LogP contribution in [0.15, 0.2) is 84.5 Å². The molecule has 0 bridgehead atoms. The van der Waals surface area contributed by atoms with Gasteiger partial charge in [0.05, 0.1) is 30.3 Å². The fourth-order valence-electron chi connectivity index (χ4n) is 7.73. The number of fused-ring (bicyclic) bond motifs is 4. The average molecular weight is 705 g/mol. The molecule has 10 nitrogen and oxygen atoms in total. The molecule has 0 spiro atoms. The molecule has 3 aromatic rings. The van der Waals surface area contributed by atoms with E-state index in [-0.39, 0.29) is 41.2 Å². The number of benzene rings is 3. The highest BCUT2D eigenvalue weighted by Crippen LogP contribution is 2.63. The molecule has 3 N–H and O–H groups in total. The normalized spacial score (nSPS) is 29.2. The van der Waals surface area contributed by atoms with Gasteiger partial charge in [-0.2, -0.15) is 0 Å². The van der Waals surface area contributed by atoms with Crippen LogP contribution in [0, 0.1) is 29.5 Å². The number of halogens is 3. The molecule has 1 saturated carbocycles. The summed E-state index contributed by atoms with van der Waals surface area (Å²) < 4.78 is 19.1. The predicted octanol–water partition coefficient (Wildman–Crippen LogP) is 3.53. The number of rotatable bonds is 6. The van der Waals surface area contributed by atoms with Crippen molar-refractivity contribution in [2.45, 2.75) is 22.6 Å². The molecule has 4 aliphatic rings. The van der Waals surface area contributed by atoms with Crippen LogP contribution in [0.4, 0.5) is 15.8 Å². The van der Waals surface area contributed by atoms with Crippen LogP contribution in [0.1, 0.15) is 18.4 Å². The van der Waals surface area contributed by atoms with Gasteiger partial charge < -0.3 is 19.9 Å². The fourth-order valence-corrected chi connectivity index (χ4v) is 8.62. The van der Waals surface area contributed by atoms with Gasteiger partial charge in [-0.15, -0.1) is 23.2 Å². The molecule has 2 aliphatic heterocycles. The number of amides is 4. The molecule has 6 unspecified atom stereocenters. The van der Waals surface area contributed by atoms with Crippen LogP contribution < -0.4 is 20.0 Å². The number of carbonyl (C=O) groups excluding carboxylic acids is 4. The zero-order chi connectivity index (χ0) is 35.0. The van der Waals surface area contributed by atoms with Crippen molar-refractivity contribution >= 4 is 76.9 Å². The van der Waals surface area contributed by atoms with Crippen molar-refractivity contribution in [2.75, 3.05) is 16.9 Å². The molecular weight excluding hydrogens is 677 g/mol. The van der Waals surface area contributed by atoms with Crippen LogP contribution >= 0.6 is 23.2 Å². The Hall–Kier alpha value is -4.49. The third-order valence-electron chi connectivity index (χ3n) is 10.1. The minimum absolute atomic E-state index is 0.0657. The molecule has 7 rings (SSSR count). The summed E-state index contributed by atoms with van der Waals surface area (Å²) in [5, 5.41) is 29.5. The molecule has 0 aromatic heterocycles. The van der Waals surface area contributed by atoms with Gasteiger partial charge in [-0.05, 0) is 78.3 Å². The molecule has 49 heavy (non-hydrogen) atoms. The van der Waals surface area contributed by atoms with E-state index < -0.39 is 70.0 Å². The summed E-state index contributed by atoms with van der Waals surface area (Å²) in [4.78, 5) is 54.4. The van der Waals surface area contributed by atoms with Gasteiger partial charge in [0.15, 0.2) is 21.2 Å². The summed E-state index contributed by atoms with van der Waals surface area (Å²) in [6, 6.07) is 15.1. The van der Waals surface area contributed by atoms with E-state index in [1.165, 1.54) is 49.6 Å². The number of ether oxygens (including phenoxy) is 1. The number of phenols is 1. The van der Waals surface area contributed by atoms with Gasteiger partial charge in [0.1, 0.15) is 5.82 Å². The number of methoxy groups -OCH3 is 1. The van der Waals surface area contributed by atoms with Crippen molar-refractivity contribution in [2.24, 2.45) is 23.7 Å². The first-order valence-electron chi connectivity index (χ1n) is 15.4. The van der Waals surface area contributed by atoms with E-state index in [2.05, 4.69) is 0 Å². The minimum atomic E-state index is -2.09. The number of imide groups is 2. The van der Waals surface area contributed by atoms with Crippen molar-refractivity contribution in [1.82, 2.24) is 0 Å². The standard InChI is InChI=1S/C35H28BCl2FN2O8/c1-49-28-15-18(6-14-27(28)42)5-13-26-23-11-12-24-29(31(44)40(30(24)43)22-4-2-3-19(16-22)36(47)48)25(23)17-34(37)32(45)41(33(46)35(26,34)38)21-9-7-20(39)8-10-21/h2-11,13-16,24-26,29,42,47-48H,12,17H2,1H3. The molecule has 250 valence electrons. The van der Waals surface area contributed by atoms with Crippen molar-refractivity contribution in [3.63, 3.8) is 0 Å². The third-order valence-corrected chi connectivity index (χ3v) is 11.5. The summed E-state index contributed by atoms with van der Waals surface area (Å²) >= 11 is 14.7. The lowest BCUT2D eigenvalue weighted by molar-refractivity contribution is -0.125. The van der Waals surface area contributed by atoms with Crippen LogP contribution in [-0.2, 0) is 19.2 Å². The first kappa shape index (κ1) is 33.0. The van der Waals surface area contributed by atoms with Crippen molar-refractivity contribution in [3.8, 4) is 11.5 Å². The lowest BCUT2D eigenvalue weighted by Crippen LogP contribution is -2.60. The maximum atomic E-state index is 14.4. The monoisotopic (exact) mass is 704 g/mol. The van der Waals surface area contributed by atoms with Gasteiger partial charge in [0, 0.05) is 5.92 Å². The fraction of sp³-hybridized carbons (Fsp3) is 0.257. The quantitative estimate of drug-likeness (QED) is 0.153. The number of anilines is 2. The summed E-state index contributed by atoms with van der Waals surface area (Å²) in [7, 11) is -0.434. The molecular formula is C35H28BCl2FN2O8. The van der Waals surface area contributed by atoms with Crippen LogP contribution in [-0.4, -0.2) is 62.8 Å². The van der Waals surface area contributed by atoms with Crippen molar-refractivity contribution in [3.05, 3.63) is 95.8 Å².